The van der Waals surface area contributed by atoms with E-state index in [1.54, 1.807) is 0 Å². The fraction of sp³-hybridized carbons (Fsp3) is 0.364. The van der Waals surface area contributed by atoms with Crippen LogP contribution in [0.4, 0.5) is 0 Å². The highest BCUT2D eigenvalue weighted by Crippen LogP contribution is 2.16. The molecule has 1 unspecified atom stereocenters. The van der Waals surface area contributed by atoms with E-state index in [1.807, 2.05) is 31.6 Å². The molecule has 1 atom stereocenters. The SMILES string of the molecule is CC(N)CCc1ncc(-c2cc[nH]c2)[nH]1. The number of aromatic nitrogens is 3. The second kappa shape index (κ2) is 4.31. The second-order valence-electron chi connectivity index (χ2n) is 3.86. The number of hydrogen-bond acceptors (Lipinski definition) is 2. The lowest BCUT2D eigenvalue weighted by molar-refractivity contribution is 0.652. The molecule has 0 aromatic carbocycles. The normalized spacial score (nSPS) is 12.9. The van der Waals surface area contributed by atoms with Gasteiger partial charge in [-0.25, -0.2) is 4.98 Å². The monoisotopic (exact) mass is 204 g/mol. The zero-order valence-corrected chi connectivity index (χ0v) is 8.83. The Labute approximate surface area is 88.9 Å². The standard InChI is InChI=1S/C11H16N4/c1-8(12)2-3-11-14-7-10(15-11)9-4-5-13-6-9/h4-8,13H,2-3,12H2,1H3,(H,14,15). The van der Waals surface area contributed by atoms with Gasteiger partial charge < -0.3 is 15.7 Å². The maximum atomic E-state index is 5.69. The molecule has 0 saturated carbocycles. The zero-order chi connectivity index (χ0) is 10.7. The Kier molecular flexibility index (Phi) is 2.87. The Morgan fingerprint density at radius 3 is 3.07 bits per heavy atom. The maximum Gasteiger partial charge on any atom is 0.106 e. The lowest BCUT2D eigenvalue weighted by Crippen LogP contribution is -2.15. The van der Waals surface area contributed by atoms with E-state index in [-0.39, 0.29) is 6.04 Å². The summed E-state index contributed by atoms with van der Waals surface area (Å²) in [6.07, 6.45) is 7.57. The Bertz CT molecular complexity index is 400. The number of nitrogens with zero attached hydrogens (tertiary/aromatic N) is 1. The fourth-order valence-corrected chi connectivity index (χ4v) is 1.49. The van der Waals surface area contributed by atoms with Crippen molar-refractivity contribution in [3.63, 3.8) is 0 Å². The van der Waals surface area contributed by atoms with Crippen molar-refractivity contribution in [2.45, 2.75) is 25.8 Å². The van der Waals surface area contributed by atoms with E-state index in [2.05, 4.69) is 15.0 Å². The first kappa shape index (κ1) is 9.98. The molecule has 0 amide bonds. The number of imidazole rings is 1. The maximum absolute atomic E-state index is 5.69. The Balaban J connectivity index is 2.04. The van der Waals surface area contributed by atoms with Crippen LogP contribution in [-0.4, -0.2) is 21.0 Å². The summed E-state index contributed by atoms with van der Waals surface area (Å²) in [6, 6.07) is 2.24. The highest BCUT2D eigenvalue weighted by Gasteiger charge is 2.04. The van der Waals surface area contributed by atoms with E-state index < -0.39 is 0 Å². The summed E-state index contributed by atoms with van der Waals surface area (Å²) in [5.41, 5.74) is 7.88. The first-order valence-corrected chi connectivity index (χ1v) is 5.18. The van der Waals surface area contributed by atoms with Crippen molar-refractivity contribution in [2.24, 2.45) is 5.73 Å². The molecule has 15 heavy (non-hydrogen) atoms. The van der Waals surface area contributed by atoms with Crippen molar-refractivity contribution in [3.8, 4) is 11.3 Å². The van der Waals surface area contributed by atoms with Crippen LogP contribution in [0, 0.1) is 0 Å². The number of aryl methyl sites for hydroxylation is 1. The summed E-state index contributed by atoms with van der Waals surface area (Å²) in [5.74, 6) is 1.00. The van der Waals surface area contributed by atoms with Crippen LogP contribution in [0.15, 0.2) is 24.7 Å². The first-order valence-electron chi connectivity index (χ1n) is 5.18. The topological polar surface area (TPSA) is 70.5 Å². The van der Waals surface area contributed by atoms with Crippen LogP contribution in [0.1, 0.15) is 19.2 Å². The molecule has 4 N–H and O–H groups in total. The lowest BCUT2D eigenvalue weighted by atomic mass is 10.2. The van der Waals surface area contributed by atoms with Crippen molar-refractivity contribution in [3.05, 3.63) is 30.5 Å². The Morgan fingerprint density at radius 2 is 2.40 bits per heavy atom. The van der Waals surface area contributed by atoms with Crippen LogP contribution in [-0.2, 0) is 6.42 Å². The number of H-pyrrole nitrogens is 2. The molecular formula is C11H16N4. The summed E-state index contributed by atoms with van der Waals surface area (Å²) in [4.78, 5) is 10.6. The van der Waals surface area contributed by atoms with Gasteiger partial charge in [0.15, 0.2) is 0 Å². The van der Waals surface area contributed by atoms with E-state index >= 15 is 0 Å². The number of hydrogen-bond donors (Lipinski definition) is 3. The molecule has 2 rings (SSSR count). The molecule has 0 aliphatic heterocycles. The molecule has 2 aromatic heterocycles. The van der Waals surface area contributed by atoms with E-state index in [4.69, 9.17) is 5.73 Å². The molecule has 2 heterocycles. The number of aromatic amines is 2. The number of nitrogens with one attached hydrogen (secondary N) is 2. The Hall–Kier alpha value is -1.55. The van der Waals surface area contributed by atoms with Crippen LogP contribution < -0.4 is 5.73 Å². The fourth-order valence-electron chi connectivity index (χ4n) is 1.49. The largest absolute Gasteiger partial charge is 0.367 e. The van der Waals surface area contributed by atoms with Crippen molar-refractivity contribution in [1.29, 1.82) is 0 Å². The summed E-state index contributed by atoms with van der Waals surface area (Å²) in [6.45, 7) is 2.01. The average molecular weight is 204 g/mol. The van der Waals surface area contributed by atoms with Gasteiger partial charge in [-0.1, -0.05) is 0 Å². The predicted molar refractivity (Wildman–Crippen MR) is 60.3 cm³/mol. The van der Waals surface area contributed by atoms with Crippen LogP contribution >= 0.6 is 0 Å². The third-order valence-electron chi connectivity index (χ3n) is 2.37. The second-order valence-corrected chi connectivity index (χ2v) is 3.86. The molecule has 0 aliphatic carbocycles. The quantitative estimate of drug-likeness (QED) is 0.709. The molecule has 0 fully saturated rings. The van der Waals surface area contributed by atoms with Gasteiger partial charge in [-0.15, -0.1) is 0 Å². The van der Waals surface area contributed by atoms with Gasteiger partial charge >= 0.3 is 0 Å². The third kappa shape index (κ3) is 2.47. The van der Waals surface area contributed by atoms with Crippen molar-refractivity contribution >= 4 is 0 Å². The first-order chi connectivity index (χ1) is 7.25. The van der Waals surface area contributed by atoms with Crippen molar-refractivity contribution in [2.75, 3.05) is 0 Å². The smallest absolute Gasteiger partial charge is 0.106 e. The summed E-state index contributed by atoms with van der Waals surface area (Å²) >= 11 is 0. The molecule has 0 bridgehead atoms. The van der Waals surface area contributed by atoms with Gasteiger partial charge in [0.25, 0.3) is 0 Å². The van der Waals surface area contributed by atoms with Gasteiger partial charge in [0.05, 0.1) is 11.9 Å². The minimum atomic E-state index is 0.228. The van der Waals surface area contributed by atoms with Gasteiger partial charge in [-0.2, -0.15) is 0 Å². The van der Waals surface area contributed by atoms with E-state index in [0.717, 1.165) is 29.9 Å². The van der Waals surface area contributed by atoms with Gasteiger partial charge in [-0.05, 0) is 19.4 Å². The molecule has 0 saturated heterocycles. The minimum absolute atomic E-state index is 0.228. The highest BCUT2D eigenvalue weighted by molar-refractivity contribution is 5.57. The molecule has 2 aromatic rings. The highest BCUT2D eigenvalue weighted by atomic mass is 14.9. The minimum Gasteiger partial charge on any atom is -0.367 e. The van der Waals surface area contributed by atoms with Crippen LogP contribution in [0.25, 0.3) is 11.3 Å². The zero-order valence-electron chi connectivity index (χ0n) is 8.83. The number of nitrogens with two attached hydrogens (primary N) is 1. The van der Waals surface area contributed by atoms with Crippen LogP contribution in [0.3, 0.4) is 0 Å². The van der Waals surface area contributed by atoms with Gasteiger partial charge in [0.2, 0.25) is 0 Å². The van der Waals surface area contributed by atoms with E-state index in [9.17, 15) is 0 Å². The predicted octanol–water partition coefficient (Wildman–Crippen LogP) is 1.68. The average Bonchev–Trinajstić information content (AvgIpc) is 2.85. The summed E-state index contributed by atoms with van der Waals surface area (Å²) in [7, 11) is 0. The molecule has 4 nitrogen and oxygen atoms in total. The number of rotatable bonds is 4. The van der Waals surface area contributed by atoms with Gasteiger partial charge in [0.1, 0.15) is 5.82 Å². The molecule has 0 radical (unpaired) electrons. The summed E-state index contributed by atoms with van der Waals surface area (Å²) in [5, 5.41) is 0. The molecule has 80 valence electrons. The van der Waals surface area contributed by atoms with Crippen LogP contribution in [0.5, 0.6) is 0 Å². The van der Waals surface area contributed by atoms with E-state index in [1.165, 1.54) is 0 Å². The molecule has 4 heteroatoms. The molecule has 0 aliphatic rings. The molecule has 0 spiro atoms. The van der Waals surface area contributed by atoms with Crippen LogP contribution in [0.2, 0.25) is 0 Å². The lowest BCUT2D eigenvalue weighted by Gasteiger charge is -2.01. The van der Waals surface area contributed by atoms with Gasteiger partial charge in [-0.3, -0.25) is 0 Å². The Morgan fingerprint density at radius 1 is 1.53 bits per heavy atom. The van der Waals surface area contributed by atoms with E-state index in [0.29, 0.717) is 0 Å². The van der Waals surface area contributed by atoms with Crippen molar-refractivity contribution in [1.82, 2.24) is 15.0 Å². The van der Waals surface area contributed by atoms with Crippen molar-refractivity contribution < 1.29 is 0 Å². The molecular weight excluding hydrogens is 188 g/mol. The van der Waals surface area contributed by atoms with Gasteiger partial charge in [0, 0.05) is 30.4 Å². The third-order valence-corrected chi connectivity index (χ3v) is 2.37. The summed E-state index contributed by atoms with van der Waals surface area (Å²) < 4.78 is 0.